The number of hydrogen-bond acceptors (Lipinski definition) is 3. The predicted molar refractivity (Wildman–Crippen MR) is 67.8 cm³/mol. The van der Waals surface area contributed by atoms with E-state index in [9.17, 15) is 14.9 Å². The zero-order valence-corrected chi connectivity index (χ0v) is 10.8. The van der Waals surface area contributed by atoms with E-state index in [1.165, 1.54) is 18.2 Å². The molecule has 0 spiro atoms. The number of nitro benzene ring substituents is 1. The molecular formula is C12H13ClN2O3. The molecule has 1 fully saturated rings. The predicted octanol–water partition coefficient (Wildman–Crippen LogP) is 2.78. The monoisotopic (exact) mass is 268 g/mol. The number of nitrogens with one attached hydrogen (secondary N) is 1. The van der Waals surface area contributed by atoms with Crippen LogP contribution in [-0.4, -0.2) is 16.9 Å². The number of rotatable bonds is 3. The molecule has 0 radical (unpaired) electrons. The maximum atomic E-state index is 12.0. The van der Waals surface area contributed by atoms with Crippen LogP contribution in [0.5, 0.6) is 0 Å². The number of hydrogen-bond donors (Lipinski definition) is 1. The highest BCUT2D eigenvalue weighted by atomic mass is 35.5. The molecule has 1 saturated carbocycles. The van der Waals surface area contributed by atoms with Crippen LogP contribution in [0.3, 0.4) is 0 Å². The summed E-state index contributed by atoms with van der Waals surface area (Å²) in [5, 5.41) is 13.4. The first kappa shape index (κ1) is 12.8. The van der Waals surface area contributed by atoms with E-state index in [-0.39, 0.29) is 33.6 Å². The zero-order chi connectivity index (χ0) is 13.5. The third kappa shape index (κ3) is 2.31. The highest BCUT2D eigenvalue weighted by Gasteiger charge is 2.46. The molecule has 1 aromatic carbocycles. The molecule has 1 aliphatic rings. The summed E-state index contributed by atoms with van der Waals surface area (Å²) >= 11 is 5.87. The Morgan fingerprint density at radius 2 is 2.17 bits per heavy atom. The number of carbonyl (C=O) groups excluding carboxylic acids is 1. The molecular weight excluding hydrogens is 256 g/mol. The topological polar surface area (TPSA) is 72.2 Å². The maximum Gasteiger partial charge on any atom is 0.288 e. The van der Waals surface area contributed by atoms with E-state index in [4.69, 9.17) is 11.6 Å². The highest BCUT2D eigenvalue weighted by molar-refractivity contribution is 6.35. The van der Waals surface area contributed by atoms with Crippen LogP contribution in [0.2, 0.25) is 5.02 Å². The second-order valence-corrected chi connectivity index (χ2v) is 5.49. The Morgan fingerprint density at radius 1 is 1.56 bits per heavy atom. The van der Waals surface area contributed by atoms with Gasteiger partial charge in [0.05, 0.1) is 10.5 Å². The number of nitrogens with zero attached hydrogens (tertiary/aromatic N) is 1. The van der Waals surface area contributed by atoms with Gasteiger partial charge in [-0.15, -0.1) is 0 Å². The van der Waals surface area contributed by atoms with E-state index in [1.807, 2.05) is 13.8 Å². The molecule has 6 heteroatoms. The first-order chi connectivity index (χ1) is 8.33. The standard InChI is InChI=1S/C12H13ClN2O3/c1-12(2)6-9(12)14-11(16)7-4-3-5-8(10(7)13)15(17)18/h3-5,9H,6H2,1-2H3,(H,14,16). The zero-order valence-electron chi connectivity index (χ0n) is 10.1. The summed E-state index contributed by atoms with van der Waals surface area (Å²) in [6.07, 6.45) is 0.908. The van der Waals surface area contributed by atoms with Gasteiger partial charge in [-0.05, 0) is 17.9 Å². The largest absolute Gasteiger partial charge is 0.349 e. The molecule has 0 aromatic heterocycles. The lowest BCUT2D eigenvalue weighted by Gasteiger charge is -2.08. The number of halogens is 1. The summed E-state index contributed by atoms with van der Waals surface area (Å²) in [4.78, 5) is 22.1. The first-order valence-corrected chi connectivity index (χ1v) is 5.94. The van der Waals surface area contributed by atoms with Gasteiger partial charge in [-0.25, -0.2) is 0 Å². The van der Waals surface area contributed by atoms with Crippen LogP contribution >= 0.6 is 11.6 Å². The van der Waals surface area contributed by atoms with Crippen molar-refractivity contribution in [3.63, 3.8) is 0 Å². The molecule has 0 bridgehead atoms. The van der Waals surface area contributed by atoms with E-state index in [2.05, 4.69) is 5.32 Å². The van der Waals surface area contributed by atoms with Crippen LogP contribution in [0.1, 0.15) is 30.6 Å². The lowest BCUT2D eigenvalue weighted by molar-refractivity contribution is -0.384. The number of benzene rings is 1. The molecule has 0 heterocycles. The first-order valence-electron chi connectivity index (χ1n) is 5.57. The molecule has 2 rings (SSSR count). The van der Waals surface area contributed by atoms with Gasteiger partial charge in [0.2, 0.25) is 0 Å². The summed E-state index contributed by atoms with van der Waals surface area (Å²) in [5.41, 5.74) is -0.00371. The van der Waals surface area contributed by atoms with Gasteiger partial charge in [-0.1, -0.05) is 31.5 Å². The summed E-state index contributed by atoms with van der Waals surface area (Å²) in [7, 11) is 0. The highest BCUT2D eigenvalue weighted by Crippen LogP contribution is 2.44. The number of carbonyl (C=O) groups is 1. The maximum absolute atomic E-state index is 12.0. The van der Waals surface area contributed by atoms with Gasteiger partial charge in [-0.3, -0.25) is 14.9 Å². The van der Waals surface area contributed by atoms with Crippen molar-refractivity contribution in [1.29, 1.82) is 0 Å². The molecule has 96 valence electrons. The van der Waals surface area contributed by atoms with Gasteiger partial charge in [0.25, 0.3) is 11.6 Å². The molecule has 0 aliphatic heterocycles. The SMILES string of the molecule is CC1(C)CC1NC(=O)c1cccc([N+](=O)[O-])c1Cl. The fourth-order valence-electron chi connectivity index (χ4n) is 1.79. The van der Waals surface area contributed by atoms with Gasteiger partial charge < -0.3 is 5.32 Å². The van der Waals surface area contributed by atoms with Crippen LogP contribution in [0.15, 0.2) is 18.2 Å². The van der Waals surface area contributed by atoms with Crippen molar-refractivity contribution in [3.8, 4) is 0 Å². The van der Waals surface area contributed by atoms with E-state index in [1.54, 1.807) is 0 Å². The van der Waals surface area contributed by atoms with Crippen molar-refractivity contribution in [3.05, 3.63) is 38.9 Å². The Bertz CT molecular complexity index is 528. The van der Waals surface area contributed by atoms with Crippen LogP contribution in [0.25, 0.3) is 0 Å². The second kappa shape index (κ2) is 4.24. The Labute approximate surface area is 109 Å². The minimum Gasteiger partial charge on any atom is -0.349 e. The molecule has 18 heavy (non-hydrogen) atoms. The Balaban J connectivity index is 2.21. The van der Waals surface area contributed by atoms with Crippen LogP contribution < -0.4 is 5.32 Å². The van der Waals surface area contributed by atoms with Gasteiger partial charge in [-0.2, -0.15) is 0 Å². The smallest absolute Gasteiger partial charge is 0.288 e. The summed E-state index contributed by atoms with van der Waals surface area (Å²) in [5.74, 6) is -0.362. The van der Waals surface area contributed by atoms with Gasteiger partial charge in [0.1, 0.15) is 5.02 Å². The van der Waals surface area contributed by atoms with Crippen LogP contribution in [0, 0.1) is 15.5 Å². The average Bonchev–Trinajstić information content (AvgIpc) is 2.85. The van der Waals surface area contributed by atoms with Gasteiger partial charge in [0, 0.05) is 12.1 Å². The number of amides is 1. The van der Waals surface area contributed by atoms with Gasteiger partial charge >= 0.3 is 0 Å². The lowest BCUT2D eigenvalue weighted by atomic mass is 10.1. The molecule has 1 atom stereocenters. The van der Waals surface area contributed by atoms with E-state index in [0.29, 0.717) is 0 Å². The Hall–Kier alpha value is -1.62. The molecule has 5 nitrogen and oxygen atoms in total. The van der Waals surface area contributed by atoms with Crippen molar-refractivity contribution in [1.82, 2.24) is 5.32 Å². The normalized spacial score (nSPS) is 20.3. The van der Waals surface area contributed by atoms with E-state index in [0.717, 1.165) is 6.42 Å². The second-order valence-electron chi connectivity index (χ2n) is 5.11. The Kier molecular flexibility index (Phi) is 3.02. The molecule has 1 amide bonds. The molecule has 1 aliphatic carbocycles. The van der Waals surface area contributed by atoms with Crippen molar-refractivity contribution in [2.75, 3.05) is 0 Å². The van der Waals surface area contributed by atoms with Crippen molar-refractivity contribution >= 4 is 23.2 Å². The minimum absolute atomic E-state index is 0.100. The molecule has 1 unspecified atom stereocenters. The van der Waals surface area contributed by atoms with Crippen molar-refractivity contribution in [2.24, 2.45) is 5.41 Å². The molecule has 1 aromatic rings. The summed E-state index contributed by atoms with van der Waals surface area (Å²) in [6.45, 7) is 4.10. The quantitative estimate of drug-likeness (QED) is 0.677. The van der Waals surface area contributed by atoms with E-state index < -0.39 is 4.92 Å². The van der Waals surface area contributed by atoms with E-state index >= 15 is 0 Å². The average molecular weight is 269 g/mol. The van der Waals surface area contributed by atoms with Crippen molar-refractivity contribution < 1.29 is 9.72 Å². The minimum atomic E-state index is -0.597. The fraction of sp³-hybridized carbons (Fsp3) is 0.417. The third-order valence-corrected chi connectivity index (χ3v) is 3.64. The molecule has 1 N–H and O–H groups in total. The fourth-order valence-corrected chi connectivity index (χ4v) is 2.07. The Morgan fingerprint density at radius 3 is 2.67 bits per heavy atom. The number of nitro groups is 1. The lowest BCUT2D eigenvalue weighted by Crippen LogP contribution is -2.28. The summed E-state index contributed by atoms with van der Waals surface area (Å²) in [6, 6.07) is 4.33. The summed E-state index contributed by atoms with van der Waals surface area (Å²) < 4.78 is 0. The molecule has 0 saturated heterocycles. The van der Waals surface area contributed by atoms with Crippen molar-refractivity contribution in [2.45, 2.75) is 26.3 Å². The van der Waals surface area contributed by atoms with Crippen LogP contribution in [-0.2, 0) is 0 Å². The third-order valence-electron chi connectivity index (χ3n) is 3.24. The van der Waals surface area contributed by atoms with Gasteiger partial charge in [0.15, 0.2) is 0 Å². The van der Waals surface area contributed by atoms with Crippen LogP contribution in [0.4, 0.5) is 5.69 Å².